The number of likely N-dealkylation sites (tertiary alicyclic amines) is 1. The van der Waals surface area contributed by atoms with Gasteiger partial charge in [-0.1, -0.05) is 6.07 Å². The van der Waals surface area contributed by atoms with Gasteiger partial charge in [-0.3, -0.25) is 9.69 Å². The molecule has 2 saturated heterocycles. The third kappa shape index (κ3) is 3.42. The highest BCUT2D eigenvalue weighted by molar-refractivity contribution is 5.85. The molecule has 24 heavy (non-hydrogen) atoms. The first-order valence-electron chi connectivity index (χ1n) is 8.79. The van der Waals surface area contributed by atoms with Crippen LogP contribution in [0, 0.1) is 6.92 Å². The first-order chi connectivity index (χ1) is 11.5. The van der Waals surface area contributed by atoms with Crippen molar-refractivity contribution in [3.05, 3.63) is 29.3 Å². The third-order valence-corrected chi connectivity index (χ3v) is 5.27. The number of amides is 1. The summed E-state index contributed by atoms with van der Waals surface area (Å²) < 4.78 is 11.3. The van der Waals surface area contributed by atoms with Crippen LogP contribution in [-0.4, -0.2) is 61.7 Å². The van der Waals surface area contributed by atoms with Crippen molar-refractivity contribution < 1.29 is 14.3 Å². The van der Waals surface area contributed by atoms with Crippen LogP contribution >= 0.6 is 0 Å². The first kappa shape index (κ1) is 17.2. The Bertz CT molecular complexity index is 604. The maximum absolute atomic E-state index is 12.8. The van der Waals surface area contributed by atoms with E-state index in [1.54, 1.807) is 7.11 Å². The second-order valence-electron chi connectivity index (χ2n) is 7.03. The van der Waals surface area contributed by atoms with E-state index in [1.807, 2.05) is 18.0 Å². The van der Waals surface area contributed by atoms with Crippen molar-refractivity contribution in [2.75, 3.05) is 40.4 Å². The highest BCUT2D eigenvalue weighted by Gasteiger charge is 2.45. The fourth-order valence-corrected chi connectivity index (χ4v) is 3.80. The maximum atomic E-state index is 12.8. The molecule has 0 radical (unpaired) electrons. The van der Waals surface area contributed by atoms with Crippen molar-refractivity contribution in [1.82, 2.24) is 9.80 Å². The number of carbonyl (C=O) groups excluding carboxylic acids is 1. The van der Waals surface area contributed by atoms with E-state index in [0.717, 1.165) is 44.6 Å². The Morgan fingerprint density at radius 1 is 1.29 bits per heavy atom. The molecule has 0 saturated carbocycles. The van der Waals surface area contributed by atoms with E-state index in [0.29, 0.717) is 13.2 Å². The second-order valence-corrected chi connectivity index (χ2v) is 7.03. The minimum absolute atomic E-state index is 0.149. The van der Waals surface area contributed by atoms with Crippen LogP contribution in [0.1, 0.15) is 30.4 Å². The number of methoxy groups -OCH3 is 1. The molecule has 2 aliphatic heterocycles. The Balaban J connectivity index is 1.74. The van der Waals surface area contributed by atoms with Crippen molar-refractivity contribution in [2.24, 2.45) is 0 Å². The minimum Gasteiger partial charge on any atom is -0.497 e. The molecule has 3 rings (SSSR count). The highest BCUT2D eigenvalue weighted by Crippen LogP contribution is 2.30. The van der Waals surface area contributed by atoms with E-state index < -0.39 is 5.60 Å². The lowest BCUT2D eigenvalue weighted by molar-refractivity contribution is -0.169. The van der Waals surface area contributed by atoms with Crippen LogP contribution in [0.5, 0.6) is 5.75 Å². The zero-order valence-electron chi connectivity index (χ0n) is 15.0. The van der Waals surface area contributed by atoms with Gasteiger partial charge in [0, 0.05) is 33.2 Å². The zero-order valence-corrected chi connectivity index (χ0v) is 15.0. The summed E-state index contributed by atoms with van der Waals surface area (Å²) in [6, 6.07) is 6.19. The van der Waals surface area contributed by atoms with Crippen LogP contribution in [0.2, 0.25) is 0 Å². The minimum atomic E-state index is -0.649. The maximum Gasteiger partial charge on any atom is 0.255 e. The molecule has 1 atom stereocenters. The molecular weight excluding hydrogens is 304 g/mol. The van der Waals surface area contributed by atoms with Gasteiger partial charge < -0.3 is 14.4 Å². The van der Waals surface area contributed by atoms with E-state index in [-0.39, 0.29) is 5.91 Å². The Kier molecular flexibility index (Phi) is 5.11. The Morgan fingerprint density at radius 2 is 2.12 bits per heavy atom. The molecule has 1 unspecified atom stereocenters. The van der Waals surface area contributed by atoms with Crippen molar-refractivity contribution in [3.63, 3.8) is 0 Å². The normalized spacial score (nSPS) is 25.8. The predicted octanol–water partition coefficient (Wildman–Crippen LogP) is 2.22. The van der Waals surface area contributed by atoms with Crippen molar-refractivity contribution in [3.8, 4) is 5.75 Å². The lowest BCUT2D eigenvalue weighted by Crippen LogP contribution is -2.59. The summed E-state index contributed by atoms with van der Waals surface area (Å²) in [6.45, 7) is 5.96. The van der Waals surface area contributed by atoms with Gasteiger partial charge in [0.2, 0.25) is 0 Å². The number of benzene rings is 1. The van der Waals surface area contributed by atoms with Crippen LogP contribution in [0.15, 0.2) is 18.2 Å². The lowest BCUT2D eigenvalue weighted by atomic mass is 9.93. The Hall–Kier alpha value is -1.59. The second kappa shape index (κ2) is 7.11. The van der Waals surface area contributed by atoms with Gasteiger partial charge in [-0.25, -0.2) is 0 Å². The quantitative estimate of drug-likeness (QED) is 0.851. The topological polar surface area (TPSA) is 42.0 Å². The van der Waals surface area contributed by atoms with Gasteiger partial charge in [0.05, 0.1) is 13.7 Å². The van der Waals surface area contributed by atoms with Crippen molar-refractivity contribution in [2.45, 2.75) is 38.3 Å². The van der Waals surface area contributed by atoms with Gasteiger partial charge >= 0.3 is 0 Å². The van der Waals surface area contributed by atoms with Gasteiger partial charge in [-0.2, -0.15) is 0 Å². The van der Waals surface area contributed by atoms with Crippen molar-refractivity contribution in [1.29, 1.82) is 0 Å². The SMILES string of the molecule is COc1ccc(CN2CCOC3(CCCCN(C)C3=O)C2)c(C)c1. The number of hydrogen-bond donors (Lipinski definition) is 0. The number of morpholine rings is 1. The van der Waals surface area contributed by atoms with Crippen LogP contribution < -0.4 is 4.74 Å². The Labute approximate surface area is 144 Å². The molecule has 0 N–H and O–H groups in total. The molecule has 2 aliphatic rings. The summed E-state index contributed by atoms with van der Waals surface area (Å²) in [7, 11) is 3.58. The molecule has 0 aromatic heterocycles. The van der Waals surface area contributed by atoms with E-state index in [4.69, 9.17) is 9.47 Å². The summed E-state index contributed by atoms with van der Waals surface area (Å²) in [5, 5.41) is 0. The molecule has 0 aliphatic carbocycles. The fourth-order valence-electron chi connectivity index (χ4n) is 3.80. The average molecular weight is 332 g/mol. The van der Waals surface area contributed by atoms with Crippen LogP contribution in [0.4, 0.5) is 0 Å². The Morgan fingerprint density at radius 3 is 2.88 bits per heavy atom. The summed E-state index contributed by atoms with van der Waals surface area (Å²) in [4.78, 5) is 17.0. The molecule has 5 heteroatoms. The van der Waals surface area contributed by atoms with E-state index in [1.165, 1.54) is 11.1 Å². The molecule has 1 amide bonds. The largest absolute Gasteiger partial charge is 0.497 e. The van der Waals surface area contributed by atoms with Gasteiger partial charge in [0.1, 0.15) is 5.75 Å². The standard InChI is InChI=1S/C19H28N2O3/c1-15-12-17(23-3)7-6-16(15)13-21-10-11-24-19(14-21)8-4-5-9-20(2)18(19)22/h6-7,12H,4-5,8-11,13-14H2,1-3H3. The first-order valence-corrected chi connectivity index (χ1v) is 8.79. The number of rotatable bonds is 3. The molecule has 2 fully saturated rings. The van der Waals surface area contributed by atoms with Crippen LogP contribution in [0.25, 0.3) is 0 Å². The number of ether oxygens (including phenoxy) is 2. The molecule has 1 spiro atoms. The summed E-state index contributed by atoms with van der Waals surface area (Å²) in [6.07, 6.45) is 2.94. The number of carbonyl (C=O) groups is 1. The fraction of sp³-hybridized carbons (Fsp3) is 0.632. The molecular formula is C19H28N2O3. The number of likely N-dealkylation sites (N-methyl/N-ethyl adjacent to an activating group) is 1. The van der Waals surface area contributed by atoms with Gasteiger partial charge in [0.15, 0.2) is 5.60 Å². The average Bonchev–Trinajstić information content (AvgIpc) is 2.71. The lowest BCUT2D eigenvalue weighted by Gasteiger charge is -2.42. The van der Waals surface area contributed by atoms with Crippen molar-refractivity contribution >= 4 is 5.91 Å². The molecule has 1 aromatic carbocycles. The van der Waals surface area contributed by atoms with Crippen LogP contribution in [-0.2, 0) is 16.1 Å². The molecule has 2 heterocycles. The molecule has 0 bridgehead atoms. The van der Waals surface area contributed by atoms with E-state index >= 15 is 0 Å². The van der Waals surface area contributed by atoms with Gasteiger partial charge in [0.25, 0.3) is 5.91 Å². The summed E-state index contributed by atoms with van der Waals surface area (Å²) in [5.41, 5.74) is 1.85. The summed E-state index contributed by atoms with van der Waals surface area (Å²) >= 11 is 0. The number of aryl methyl sites for hydroxylation is 1. The highest BCUT2D eigenvalue weighted by atomic mass is 16.5. The van der Waals surface area contributed by atoms with E-state index in [9.17, 15) is 4.79 Å². The zero-order chi connectivity index (χ0) is 17.2. The third-order valence-electron chi connectivity index (χ3n) is 5.27. The smallest absolute Gasteiger partial charge is 0.255 e. The monoisotopic (exact) mass is 332 g/mol. The number of nitrogens with zero attached hydrogens (tertiary/aromatic N) is 2. The molecule has 132 valence electrons. The molecule has 1 aromatic rings. The number of hydrogen-bond acceptors (Lipinski definition) is 4. The van der Waals surface area contributed by atoms with Crippen LogP contribution in [0.3, 0.4) is 0 Å². The predicted molar refractivity (Wildman–Crippen MR) is 93.2 cm³/mol. The summed E-state index contributed by atoms with van der Waals surface area (Å²) in [5.74, 6) is 1.03. The molecule has 5 nitrogen and oxygen atoms in total. The van der Waals surface area contributed by atoms with E-state index in [2.05, 4.69) is 24.0 Å². The van der Waals surface area contributed by atoms with Gasteiger partial charge in [-0.15, -0.1) is 0 Å². The van der Waals surface area contributed by atoms with Gasteiger partial charge in [-0.05, 0) is 49.4 Å².